The van der Waals surface area contributed by atoms with Crippen molar-refractivity contribution in [2.24, 2.45) is 7.05 Å². The average molecular weight is 302 g/mol. The number of carbonyl (C=O) groups is 1. The van der Waals surface area contributed by atoms with E-state index in [1.54, 1.807) is 6.07 Å². The van der Waals surface area contributed by atoms with E-state index >= 15 is 0 Å². The maximum Gasteiger partial charge on any atom is 0.354 e. The standard InChI is InChI=1S/C19H14N2O2/c1-21-16-10-6-5-9-13(16)14-11-15(19(22)23)20-17(18(14)21)12-7-3-2-4-8-12/h2-11H,1H3,(H,22,23). The molecule has 2 heterocycles. The molecule has 4 aromatic rings. The molecule has 0 aliphatic carbocycles. The molecule has 4 nitrogen and oxygen atoms in total. The van der Waals surface area contributed by atoms with E-state index < -0.39 is 5.97 Å². The molecule has 1 N–H and O–H groups in total. The first-order valence-electron chi connectivity index (χ1n) is 7.33. The molecular weight excluding hydrogens is 288 g/mol. The average Bonchev–Trinajstić information content (AvgIpc) is 2.88. The molecule has 23 heavy (non-hydrogen) atoms. The SMILES string of the molecule is Cn1c2ccccc2c2cc(C(=O)O)nc(-c3ccccc3)c21. The largest absolute Gasteiger partial charge is 0.477 e. The summed E-state index contributed by atoms with van der Waals surface area (Å²) in [6, 6.07) is 19.3. The van der Waals surface area contributed by atoms with Gasteiger partial charge in [-0.05, 0) is 12.1 Å². The second-order valence-corrected chi connectivity index (χ2v) is 5.50. The number of carboxylic acids is 1. The minimum Gasteiger partial charge on any atom is -0.477 e. The van der Waals surface area contributed by atoms with Crippen molar-refractivity contribution in [3.8, 4) is 11.3 Å². The highest BCUT2D eigenvalue weighted by molar-refractivity contribution is 6.13. The van der Waals surface area contributed by atoms with Gasteiger partial charge in [-0.25, -0.2) is 9.78 Å². The first kappa shape index (κ1) is 13.5. The van der Waals surface area contributed by atoms with Crippen LogP contribution in [0.2, 0.25) is 0 Å². The van der Waals surface area contributed by atoms with Crippen LogP contribution < -0.4 is 0 Å². The maximum atomic E-state index is 11.5. The topological polar surface area (TPSA) is 55.1 Å². The van der Waals surface area contributed by atoms with Gasteiger partial charge in [0.1, 0.15) is 5.69 Å². The normalized spacial score (nSPS) is 11.2. The number of aromatic carboxylic acids is 1. The molecular formula is C19H14N2O2. The molecule has 4 heteroatoms. The molecule has 2 aromatic heterocycles. The number of aromatic nitrogens is 2. The molecule has 0 spiro atoms. The number of carboxylic acid groups (broad SMARTS) is 1. The number of hydrogen-bond acceptors (Lipinski definition) is 2. The molecule has 0 saturated carbocycles. The monoisotopic (exact) mass is 302 g/mol. The van der Waals surface area contributed by atoms with Gasteiger partial charge in [0.15, 0.2) is 0 Å². The van der Waals surface area contributed by atoms with Gasteiger partial charge in [0, 0.05) is 28.9 Å². The second kappa shape index (κ2) is 4.95. The third-order valence-electron chi connectivity index (χ3n) is 4.15. The summed E-state index contributed by atoms with van der Waals surface area (Å²) >= 11 is 0. The molecule has 0 atom stereocenters. The van der Waals surface area contributed by atoms with E-state index in [1.165, 1.54) is 0 Å². The highest BCUT2D eigenvalue weighted by Crippen LogP contribution is 2.34. The highest BCUT2D eigenvalue weighted by Gasteiger charge is 2.18. The summed E-state index contributed by atoms with van der Waals surface area (Å²) in [6.07, 6.45) is 0. The number of hydrogen-bond donors (Lipinski definition) is 1. The van der Waals surface area contributed by atoms with Gasteiger partial charge in [0.25, 0.3) is 0 Å². The minimum atomic E-state index is -1.02. The van der Waals surface area contributed by atoms with Crippen molar-refractivity contribution in [3.05, 3.63) is 66.4 Å². The van der Waals surface area contributed by atoms with Crippen molar-refractivity contribution in [3.63, 3.8) is 0 Å². The molecule has 0 unspecified atom stereocenters. The molecule has 2 aromatic carbocycles. The van der Waals surface area contributed by atoms with Crippen molar-refractivity contribution >= 4 is 27.8 Å². The van der Waals surface area contributed by atoms with Gasteiger partial charge in [-0.1, -0.05) is 48.5 Å². The number of benzene rings is 2. The molecule has 0 bridgehead atoms. The lowest BCUT2D eigenvalue weighted by Crippen LogP contribution is -2.02. The maximum absolute atomic E-state index is 11.5. The van der Waals surface area contributed by atoms with Crippen LogP contribution in [0.25, 0.3) is 33.1 Å². The predicted octanol–water partition coefficient (Wildman–Crippen LogP) is 4.09. The fourth-order valence-corrected chi connectivity index (χ4v) is 3.10. The first-order chi connectivity index (χ1) is 11.2. The highest BCUT2D eigenvalue weighted by atomic mass is 16.4. The third-order valence-corrected chi connectivity index (χ3v) is 4.15. The van der Waals surface area contributed by atoms with Gasteiger partial charge >= 0.3 is 5.97 Å². The Morgan fingerprint density at radius 1 is 1.00 bits per heavy atom. The van der Waals surface area contributed by atoms with Crippen LogP contribution in [-0.4, -0.2) is 20.6 Å². The van der Waals surface area contributed by atoms with E-state index in [2.05, 4.69) is 9.55 Å². The van der Waals surface area contributed by atoms with Crippen molar-refractivity contribution < 1.29 is 9.90 Å². The fourth-order valence-electron chi connectivity index (χ4n) is 3.10. The number of aryl methyl sites for hydroxylation is 1. The van der Waals surface area contributed by atoms with Gasteiger partial charge in [-0.2, -0.15) is 0 Å². The van der Waals surface area contributed by atoms with Gasteiger partial charge in [0.2, 0.25) is 0 Å². The number of pyridine rings is 1. The number of rotatable bonds is 2. The Balaban J connectivity index is 2.22. The zero-order valence-corrected chi connectivity index (χ0v) is 12.5. The molecule has 0 amide bonds. The summed E-state index contributed by atoms with van der Waals surface area (Å²) in [7, 11) is 1.99. The Labute approximate surface area is 132 Å². The van der Waals surface area contributed by atoms with E-state index in [0.29, 0.717) is 5.69 Å². The van der Waals surface area contributed by atoms with Crippen LogP contribution in [0.15, 0.2) is 60.7 Å². The van der Waals surface area contributed by atoms with E-state index in [-0.39, 0.29) is 5.69 Å². The zero-order chi connectivity index (χ0) is 16.0. The summed E-state index contributed by atoms with van der Waals surface area (Å²) in [5.74, 6) is -1.02. The van der Waals surface area contributed by atoms with Crippen molar-refractivity contribution in [1.29, 1.82) is 0 Å². The molecule has 0 saturated heterocycles. The van der Waals surface area contributed by atoms with Crippen LogP contribution in [0.3, 0.4) is 0 Å². The predicted molar refractivity (Wildman–Crippen MR) is 90.6 cm³/mol. The summed E-state index contributed by atoms with van der Waals surface area (Å²) < 4.78 is 2.08. The molecule has 4 rings (SSSR count). The van der Waals surface area contributed by atoms with E-state index in [0.717, 1.165) is 27.4 Å². The lowest BCUT2D eigenvalue weighted by molar-refractivity contribution is 0.0691. The smallest absolute Gasteiger partial charge is 0.354 e. The fraction of sp³-hybridized carbons (Fsp3) is 0.0526. The molecule has 0 radical (unpaired) electrons. The Bertz CT molecular complexity index is 1050. The van der Waals surface area contributed by atoms with Gasteiger partial charge < -0.3 is 9.67 Å². The number of nitrogens with zero attached hydrogens (tertiary/aromatic N) is 2. The number of fused-ring (bicyclic) bond motifs is 3. The van der Waals surface area contributed by atoms with Gasteiger partial charge in [0.05, 0.1) is 11.2 Å². The molecule has 112 valence electrons. The number of para-hydroxylation sites is 1. The molecule has 0 aliphatic rings. The van der Waals surface area contributed by atoms with Crippen LogP contribution in [0, 0.1) is 0 Å². The Kier molecular flexibility index (Phi) is 2.91. The van der Waals surface area contributed by atoms with Crippen LogP contribution in [-0.2, 0) is 7.05 Å². The van der Waals surface area contributed by atoms with Crippen LogP contribution in [0.1, 0.15) is 10.5 Å². The van der Waals surface area contributed by atoms with E-state index in [9.17, 15) is 9.90 Å². The Hall–Kier alpha value is -3.14. The Morgan fingerprint density at radius 3 is 2.43 bits per heavy atom. The second-order valence-electron chi connectivity index (χ2n) is 5.50. The van der Waals surface area contributed by atoms with Crippen molar-refractivity contribution in [2.45, 2.75) is 0 Å². The summed E-state index contributed by atoms with van der Waals surface area (Å²) in [6.45, 7) is 0. The van der Waals surface area contributed by atoms with Crippen LogP contribution in [0.4, 0.5) is 0 Å². The lowest BCUT2D eigenvalue weighted by atomic mass is 10.1. The van der Waals surface area contributed by atoms with E-state index in [4.69, 9.17) is 0 Å². The van der Waals surface area contributed by atoms with Crippen molar-refractivity contribution in [2.75, 3.05) is 0 Å². The van der Waals surface area contributed by atoms with E-state index in [1.807, 2.05) is 61.6 Å². The Morgan fingerprint density at radius 2 is 1.70 bits per heavy atom. The van der Waals surface area contributed by atoms with Gasteiger partial charge in [-0.3, -0.25) is 0 Å². The van der Waals surface area contributed by atoms with Gasteiger partial charge in [-0.15, -0.1) is 0 Å². The van der Waals surface area contributed by atoms with Crippen molar-refractivity contribution in [1.82, 2.24) is 9.55 Å². The summed E-state index contributed by atoms with van der Waals surface area (Å²) in [4.78, 5) is 15.9. The molecule has 0 aliphatic heterocycles. The summed E-state index contributed by atoms with van der Waals surface area (Å²) in [5, 5.41) is 11.4. The first-order valence-corrected chi connectivity index (χ1v) is 7.33. The quantitative estimate of drug-likeness (QED) is 0.606. The zero-order valence-electron chi connectivity index (χ0n) is 12.5. The lowest BCUT2D eigenvalue weighted by Gasteiger charge is -2.07. The molecule has 0 fully saturated rings. The third kappa shape index (κ3) is 1.99. The van der Waals surface area contributed by atoms with Crippen LogP contribution in [0.5, 0.6) is 0 Å². The summed E-state index contributed by atoms with van der Waals surface area (Å²) in [5.41, 5.74) is 3.67. The minimum absolute atomic E-state index is 0.0627. The van der Waals surface area contributed by atoms with Crippen LogP contribution >= 0.6 is 0 Å².